The van der Waals surface area contributed by atoms with E-state index in [2.05, 4.69) is 90.1 Å². The van der Waals surface area contributed by atoms with Gasteiger partial charge in [-0.2, -0.15) is 0 Å². The molecule has 0 bridgehead atoms. The van der Waals surface area contributed by atoms with Crippen molar-refractivity contribution in [1.29, 1.82) is 0 Å². The molecule has 28 heavy (non-hydrogen) atoms. The molecule has 0 fully saturated rings. The lowest BCUT2D eigenvalue weighted by atomic mass is 9.85. The number of hydrogen-bond acceptors (Lipinski definition) is 2. The Morgan fingerprint density at radius 3 is 2.25 bits per heavy atom. The highest BCUT2D eigenvalue weighted by Crippen LogP contribution is 2.41. The second-order valence-corrected chi connectivity index (χ2v) is 8.36. The average Bonchev–Trinajstić information content (AvgIpc) is 3.22. The Morgan fingerprint density at radius 1 is 0.857 bits per heavy atom. The maximum atomic E-state index is 6.02. The number of nitrogens with zero attached hydrogens (tertiary/aromatic N) is 2. The van der Waals surface area contributed by atoms with Crippen LogP contribution in [0.25, 0.3) is 38.5 Å². The fourth-order valence-corrected chi connectivity index (χ4v) is 4.47. The Hall–Kier alpha value is -3.33. The molecule has 0 saturated heterocycles. The number of aromatic nitrogens is 1. The fourth-order valence-electron chi connectivity index (χ4n) is 4.47. The summed E-state index contributed by atoms with van der Waals surface area (Å²) in [6.07, 6.45) is 2.95. The van der Waals surface area contributed by atoms with Gasteiger partial charge in [0.1, 0.15) is 5.58 Å². The number of fused-ring (bicyclic) bond motifs is 6. The number of rotatable bonds is 1. The molecule has 3 heterocycles. The quantitative estimate of drug-likeness (QED) is 0.321. The molecule has 136 valence electrons. The Kier molecular flexibility index (Phi) is 3.00. The Bertz CT molecular complexity index is 1360. The highest BCUT2D eigenvalue weighted by Gasteiger charge is 2.27. The summed E-state index contributed by atoms with van der Waals surface area (Å²) in [5.74, 6) is 0.758. The van der Waals surface area contributed by atoms with Crippen molar-refractivity contribution in [2.75, 3.05) is 0 Å². The van der Waals surface area contributed by atoms with E-state index in [-0.39, 0.29) is 5.41 Å². The van der Waals surface area contributed by atoms with Gasteiger partial charge in [-0.3, -0.25) is 0 Å². The first-order valence-corrected chi connectivity index (χ1v) is 9.70. The van der Waals surface area contributed by atoms with Gasteiger partial charge >= 0.3 is 0 Å². The zero-order chi connectivity index (χ0) is 18.9. The number of furan rings is 1. The van der Waals surface area contributed by atoms with Gasteiger partial charge in [-0.05, 0) is 36.8 Å². The van der Waals surface area contributed by atoms with E-state index in [1.54, 1.807) is 0 Å². The molecule has 6 rings (SSSR count). The van der Waals surface area contributed by atoms with E-state index in [4.69, 9.17) is 4.42 Å². The second-order valence-electron chi connectivity index (χ2n) is 8.36. The molecule has 0 spiro atoms. The molecule has 5 aromatic rings. The van der Waals surface area contributed by atoms with Crippen molar-refractivity contribution in [3.05, 3.63) is 72.3 Å². The molecule has 0 atom stereocenters. The molecular weight excluding hydrogens is 344 g/mol. The van der Waals surface area contributed by atoms with Crippen LogP contribution in [0.1, 0.15) is 19.4 Å². The van der Waals surface area contributed by atoms with Gasteiger partial charge in [-0.25, -0.2) is 4.99 Å². The van der Waals surface area contributed by atoms with Gasteiger partial charge in [-0.1, -0.05) is 50.2 Å². The zero-order valence-corrected chi connectivity index (χ0v) is 15.9. The first kappa shape index (κ1) is 15.7. The van der Waals surface area contributed by atoms with E-state index in [1.165, 1.54) is 32.8 Å². The maximum absolute atomic E-state index is 6.02. The normalized spacial score (nSPS) is 15.5. The van der Waals surface area contributed by atoms with Crippen molar-refractivity contribution in [2.24, 2.45) is 10.4 Å². The summed E-state index contributed by atoms with van der Waals surface area (Å²) in [5.41, 5.74) is 5.76. The van der Waals surface area contributed by atoms with Gasteiger partial charge < -0.3 is 8.98 Å². The first-order chi connectivity index (χ1) is 13.6. The van der Waals surface area contributed by atoms with Crippen LogP contribution in [-0.2, 0) is 6.42 Å². The van der Waals surface area contributed by atoms with Crippen LogP contribution >= 0.6 is 0 Å². The van der Waals surface area contributed by atoms with Crippen LogP contribution in [0.3, 0.4) is 0 Å². The summed E-state index contributed by atoms with van der Waals surface area (Å²) in [5, 5.41) is 3.72. The Balaban J connectivity index is 1.67. The standard InChI is InChI=1S/C25H20N2O/c1-25(2)14-20-19-13-16(11-12-23(19)28-24(20)26-15-25)27-21-9-5-3-7-17(21)18-8-4-6-10-22(18)27/h3-13,15H,14H2,1-2H3. The summed E-state index contributed by atoms with van der Waals surface area (Å²) in [6.45, 7) is 4.43. The number of para-hydroxylation sites is 2. The first-order valence-electron chi connectivity index (χ1n) is 9.70. The third-order valence-electron chi connectivity index (χ3n) is 5.76. The summed E-state index contributed by atoms with van der Waals surface area (Å²) < 4.78 is 8.37. The smallest absolute Gasteiger partial charge is 0.222 e. The Morgan fingerprint density at radius 2 is 1.54 bits per heavy atom. The molecule has 0 saturated carbocycles. The van der Waals surface area contributed by atoms with Crippen molar-refractivity contribution >= 4 is 44.9 Å². The lowest BCUT2D eigenvalue weighted by Gasteiger charge is -2.21. The molecule has 0 aliphatic carbocycles. The Labute approximate surface area is 162 Å². The van der Waals surface area contributed by atoms with Gasteiger partial charge in [0, 0.05) is 39.0 Å². The molecule has 0 unspecified atom stereocenters. The second kappa shape index (κ2) is 5.35. The monoisotopic (exact) mass is 364 g/mol. The lowest BCUT2D eigenvalue weighted by Crippen LogP contribution is -2.18. The molecule has 1 aliphatic rings. The van der Waals surface area contributed by atoms with Gasteiger partial charge in [0.05, 0.1) is 11.0 Å². The number of hydrogen-bond donors (Lipinski definition) is 0. The van der Waals surface area contributed by atoms with Crippen LogP contribution in [0.15, 0.2) is 76.1 Å². The highest BCUT2D eigenvalue weighted by molar-refractivity contribution is 6.09. The molecule has 3 nitrogen and oxygen atoms in total. The maximum Gasteiger partial charge on any atom is 0.222 e. The molecular formula is C25H20N2O. The van der Waals surface area contributed by atoms with E-state index in [0.717, 1.165) is 23.6 Å². The SMILES string of the molecule is CC1(C)C=Nc2oc3ccc(-n4c5ccccc5c5ccccc54)cc3c2C1. The predicted octanol–water partition coefficient (Wildman–Crippen LogP) is 6.81. The fraction of sp³-hybridized carbons (Fsp3) is 0.160. The van der Waals surface area contributed by atoms with Gasteiger partial charge in [0.15, 0.2) is 0 Å². The van der Waals surface area contributed by atoms with Crippen molar-refractivity contribution < 1.29 is 4.42 Å². The van der Waals surface area contributed by atoms with Crippen molar-refractivity contribution in [3.8, 4) is 5.69 Å². The topological polar surface area (TPSA) is 30.4 Å². The van der Waals surface area contributed by atoms with Crippen molar-refractivity contribution in [2.45, 2.75) is 20.3 Å². The number of benzene rings is 3. The van der Waals surface area contributed by atoms with Crippen LogP contribution in [-0.4, -0.2) is 10.8 Å². The molecule has 0 radical (unpaired) electrons. The van der Waals surface area contributed by atoms with E-state index in [1.807, 2.05) is 6.21 Å². The molecule has 3 aromatic carbocycles. The van der Waals surface area contributed by atoms with E-state index in [9.17, 15) is 0 Å². The summed E-state index contributed by atoms with van der Waals surface area (Å²) in [4.78, 5) is 4.58. The summed E-state index contributed by atoms with van der Waals surface area (Å²) in [7, 11) is 0. The van der Waals surface area contributed by atoms with Crippen LogP contribution in [0.5, 0.6) is 0 Å². The van der Waals surface area contributed by atoms with Crippen LogP contribution < -0.4 is 0 Å². The summed E-state index contributed by atoms with van der Waals surface area (Å²) >= 11 is 0. The van der Waals surface area contributed by atoms with Gasteiger partial charge in [0.2, 0.25) is 5.88 Å². The minimum atomic E-state index is 0.0483. The molecule has 3 heteroatoms. The largest absolute Gasteiger partial charge is 0.438 e. The molecule has 0 N–H and O–H groups in total. The lowest BCUT2D eigenvalue weighted by molar-refractivity contribution is 0.513. The summed E-state index contributed by atoms with van der Waals surface area (Å²) in [6, 6.07) is 23.7. The van der Waals surface area contributed by atoms with Crippen LogP contribution in [0.2, 0.25) is 0 Å². The highest BCUT2D eigenvalue weighted by atomic mass is 16.3. The number of aliphatic imine (C=N–C) groups is 1. The van der Waals surface area contributed by atoms with Crippen LogP contribution in [0, 0.1) is 5.41 Å². The zero-order valence-electron chi connectivity index (χ0n) is 15.9. The van der Waals surface area contributed by atoms with Gasteiger partial charge in [-0.15, -0.1) is 0 Å². The third kappa shape index (κ3) is 2.13. The third-order valence-corrected chi connectivity index (χ3v) is 5.76. The van der Waals surface area contributed by atoms with E-state index < -0.39 is 0 Å². The minimum Gasteiger partial charge on any atom is -0.438 e. The molecule has 1 aliphatic heterocycles. The van der Waals surface area contributed by atoms with E-state index in [0.29, 0.717) is 0 Å². The predicted molar refractivity (Wildman–Crippen MR) is 116 cm³/mol. The van der Waals surface area contributed by atoms with Crippen molar-refractivity contribution in [1.82, 2.24) is 4.57 Å². The van der Waals surface area contributed by atoms with Gasteiger partial charge in [0.25, 0.3) is 0 Å². The average molecular weight is 364 g/mol. The van der Waals surface area contributed by atoms with Crippen LogP contribution in [0.4, 0.5) is 5.88 Å². The molecule has 0 amide bonds. The molecule has 2 aromatic heterocycles. The van der Waals surface area contributed by atoms with Crippen molar-refractivity contribution in [3.63, 3.8) is 0 Å². The van der Waals surface area contributed by atoms with E-state index >= 15 is 0 Å². The minimum absolute atomic E-state index is 0.0483.